The summed E-state index contributed by atoms with van der Waals surface area (Å²) in [6, 6.07) is 0.706. The predicted molar refractivity (Wildman–Crippen MR) is 73.2 cm³/mol. The monoisotopic (exact) mass is 242 g/mol. The van der Waals surface area contributed by atoms with Crippen LogP contribution in [0.25, 0.3) is 0 Å². The number of nitrogens with one attached hydrogen (secondary N) is 1. The lowest BCUT2D eigenvalue weighted by Crippen LogP contribution is -2.54. The second-order valence-electron chi connectivity index (χ2n) is 5.97. The van der Waals surface area contributed by atoms with Crippen LogP contribution in [-0.2, 0) is 0 Å². The number of rotatable bonds is 6. The summed E-state index contributed by atoms with van der Waals surface area (Å²) in [6.07, 6.45) is 6.73. The van der Waals surface area contributed by atoms with Crippen molar-refractivity contribution in [3.63, 3.8) is 0 Å². The standard InChI is InChI=1S/C14H30N2O/c1-5-12-6-8-13(9-7-12)16(4)10-14(2,11-17)15-3/h12-13,15,17H,5-11H2,1-4H3. The molecule has 0 bridgehead atoms. The van der Waals surface area contributed by atoms with E-state index in [1.807, 2.05) is 7.05 Å². The van der Waals surface area contributed by atoms with E-state index in [1.54, 1.807) is 0 Å². The second kappa shape index (κ2) is 6.72. The zero-order chi connectivity index (χ0) is 12.9. The summed E-state index contributed by atoms with van der Waals surface area (Å²) in [7, 11) is 4.13. The molecule has 1 aliphatic carbocycles. The van der Waals surface area contributed by atoms with Gasteiger partial charge in [0.25, 0.3) is 0 Å². The number of hydrogen-bond acceptors (Lipinski definition) is 3. The molecule has 0 saturated heterocycles. The molecule has 0 radical (unpaired) electrons. The smallest absolute Gasteiger partial charge is 0.0623 e. The fourth-order valence-corrected chi connectivity index (χ4v) is 2.88. The fourth-order valence-electron chi connectivity index (χ4n) is 2.88. The summed E-state index contributed by atoms with van der Waals surface area (Å²) in [6.45, 7) is 5.50. The van der Waals surface area contributed by atoms with Gasteiger partial charge in [-0.15, -0.1) is 0 Å². The molecule has 0 aromatic rings. The summed E-state index contributed by atoms with van der Waals surface area (Å²) in [5.74, 6) is 0.952. The molecular weight excluding hydrogens is 212 g/mol. The zero-order valence-corrected chi connectivity index (χ0v) is 12.0. The molecule has 102 valence electrons. The van der Waals surface area contributed by atoms with E-state index in [4.69, 9.17) is 0 Å². The lowest BCUT2D eigenvalue weighted by Gasteiger charge is -2.39. The molecule has 0 aliphatic heterocycles. The Hall–Kier alpha value is -0.120. The third-order valence-corrected chi connectivity index (χ3v) is 4.57. The molecule has 1 saturated carbocycles. The van der Waals surface area contributed by atoms with Gasteiger partial charge in [0.15, 0.2) is 0 Å². The number of aliphatic hydroxyl groups excluding tert-OH is 1. The first-order valence-electron chi connectivity index (χ1n) is 7.04. The van der Waals surface area contributed by atoms with Crippen LogP contribution in [0, 0.1) is 5.92 Å². The van der Waals surface area contributed by atoms with Crippen LogP contribution in [0.2, 0.25) is 0 Å². The molecule has 3 nitrogen and oxygen atoms in total. The van der Waals surface area contributed by atoms with Gasteiger partial charge >= 0.3 is 0 Å². The van der Waals surface area contributed by atoms with Crippen molar-refractivity contribution in [1.82, 2.24) is 10.2 Å². The molecule has 1 atom stereocenters. The highest BCUT2D eigenvalue weighted by Gasteiger charge is 2.28. The molecular formula is C14H30N2O. The Kier molecular flexibility index (Phi) is 5.90. The van der Waals surface area contributed by atoms with Gasteiger partial charge in [0.1, 0.15) is 0 Å². The zero-order valence-electron chi connectivity index (χ0n) is 12.0. The van der Waals surface area contributed by atoms with E-state index in [0.717, 1.165) is 12.5 Å². The first kappa shape index (κ1) is 14.9. The summed E-state index contributed by atoms with van der Waals surface area (Å²) in [5, 5.41) is 12.6. The van der Waals surface area contributed by atoms with Gasteiger partial charge in [-0.25, -0.2) is 0 Å². The van der Waals surface area contributed by atoms with Crippen molar-refractivity contribution in [2.24, 2.45) is 5.92 Å². The molecule has 0 heterocycles. The van der Waals surface area contributed by atoms with Gasteiger partial charge in [0.2, 0.25) is 0 Å². The van der Waals surface area contributed by atoms with Gasteiger partial charge in [-0.2, -0.15) is 0 Å². The normalized spacial score (nSPS) is 29.3. The molecule has 1 rings (SSSR count). The van der Waals surface area contributed by atoms with Crippen LogP contribution in [0.1, 0.15) is 46.0 Å². The number of hydrogen-bond donors (Lipinski definition) is 2. The lowest BCUT2D eigenvalue weighted by atomic mass is 9.83. The highest BCUT2D eigenvalue weighted by atomic mass is 16.3. The van der Waals surface area contributed by atoms with E-state index in [9.17, 15) is 5.11 Å². The van der Waals surface area contributed by atoms with E-state index in [-0.39, 0.29) is 12.1 Å². The lowest BCUT2D eigenvalue weighted by molar-refractivity contribution is 0.0948. The number of nitrogens with zero attached hydrogens (tertiary/aromatic N) is 1. The van der Waals surface area contributed by atoms with Gasteiger partial charge in [-0.05, 0) is 52.6 Å². The van der Waals surface area contributed by atoms with Crippen molar-refractivity contribution in [3.8, 4) is 0 Å². The van der Waals surface area contributed by atoms with Crippen molar-refractivity contribution in [2.75, 3.05) is 27.2 Å². The Labute approximate surface area is 107 Å². The van der Waals surface area contributed by atoms with Crippen molar-refractivity contribution >= 4 is 0 Å². The van der Waals surface area contributed by atoms with Gasteiger partial charge in [0, 0.05) is 12.6 Å². The van der Waals surface area contributed by atoms with Gasteiger partial charge in [-0.3, -0.25) is 0 Å². The van der Waals surface area contributed by atoms with Crippen LogP contribution in [-0.4, -0.2) is 48.8 Å². The van der Waals surface area contributed by atoms with Crippen LogP contribution in [0.3, 0.4) is 0 Å². The molecule has 2 N–H and O–H groups in total. The molecule has 0 spiro atoms. The first-order valence-corrected chi connectivity index (χ1v) is 7.04. The maximum Gasteiger partial charge on any atom is 0.0623 e. The van der Waals surface area contributed by atoms with E-state index in [0.29, 0.717) is 6.04 Å². The Balaban J connectivity index is 2.41. The molecule has 0 aromatic heterocycles. The Morgan fingerprint density at radius 3 is 2.29 bits per heavy atom. The minimum atomic E-state index is -0.170. The third kappa shape index (κ3) is 4.23. The van der Waals surface area contributed by atoms with Gasteiger partial charge in [0.05, 0.1) is 12.1 Å². The Morgan fingerprint density at radius 2 is 1.88 bits per heavy atom. The van der Waals surface area contributed by atoms with Crippen LogP contribution < -0.4 is 5.32 Å². The van der Waals surface area contributed by atoms with E-state index < -0.39 is 0 Å². The molecule has 1 fully saturated rings. The fraction of sp³-hybridized carbons (Fsp3) is 1.00. The summed E-state index contributed by atoms with van der Waals surface area (Å²) < 4.78 is 0. The average molecular weight is 242 g/mol. The Morgan fingerprint density at radius 1 is 1.29 bits per heavy atom. The maximum absolute atomic E-state index is 9.42. The minimum absolute atomic E-state index is 0.170. The minimum Gasteiger partial charge on any atom is -0.394 e. The summed E-state index contributed by atoms with van der Waals surface area (Å²) in [5.41, 5.74) is -0.170. The van der Waals surface area contributed by atoms with Crippen LogP contribution in [0.4, 0.5) is 0 Å². The van der Waals surface area contributed by atoms with E-state index in [2.05, 4.69) is 31.1 Å². The second-order valence-corrected chi connectivity index (χ2v) is 5.97. The van der Waals surface area contributed by atoms with Crippen LogP contribution in [0.5, 0.6) is 0 Å². The van der Waals surface area contributed by atoms with Crippen molar-refractivity contribution in [2.45, 2.75) is 57.5 Å². The third-order valence-electron chi connectivity index (χ3n) is 4.57. The highest BCUT2D eigenvalue weighted by Crippen LogP contribution is 2.29. The van der Waals surface area contributed by atoms with Crippen LogP contribution >= 0.6 is 0 Å². The number of aliphatic hydroxyl groups is 1. The van der Waals surface area contributed by atoms with Crippen molar-refractivity contribution in [1.29, 1.82) is 0 Å². The SMILES string of the molecule is CCC1CCC(N(C)CC(C)(CO)NC)CC1. The quantitative estimate of drug-likeness (QED) is 0.746. The summed E-state index contributed by atoms with van der Waals surface area (Å²) in [4.78, 5) is 2.43. The van der Waals surface area contributed by atoms with E-state index >= 15 is 0 Å². The first-order chi connectivity index (χ1) is 8.04. The number of likely N-dealkylation sites (N-methyl/N-ethyl adjacent to an activating group) is 2. The molecule has 1 aliphatic rings. The molecule has 17 heavy (non-hydrogen) atoms. The molecule has 0 aromatic carbocycles. The van der Waals surface area contributed by atoms with Crippen LogP contribution in [0.15, 0.2) is 0 Å². The van der Waals surface area contributed by atoms with Gasteiger partial charge < -0.3 is 15.3 Å². The Bertz CT molecular complexity index is 208. The molecule has 0 amide bonds. The van der Waals surface area contributed by atoms with E-state index in [1.165, 1.54) is 32.1 Å². The van der Waals surface area contributed by atoms with Crippen molar-refractivity contribution in [3.05, 3.63) is 0 Å². The average Bonchev–Trinajstić information content (AvgIpc) is 2.38. The van der Waals surface area contributed by atoms with Gasteiger partial charge in [-0.1, -0.05) is 13.3 Å². The summed E-state index contributed by atoms with van der Waals surface area (Å²) >= 11 is 0. The highest BCUT2D eigenvalue weighted by molar-refractivity contribution is 4.87. The maximum atomic E-state index is 9.42. The largest absolute Gasteiger partial charge is 0.394 e. The topological polar surface area (TPSA) is 35.5 Å². The van der Waals surface area contributed by atoms with Crippen molar-refractivity contribution < 1.29 is 5.11 Å². The molecule has 3 heteroatoms. The molecule has 1 unspecified atom stereocenters. The predicted octanol–water partition coefficient (Wildman–Crippen LogP) is 1.86.